The molecule has 0 aliphatic rings. The molecule has 8 heteroatoms. The summed E-state index contributed by atoms with van der Waals surface area (Å²) < 4.78 is 6.18. The van der Waals surface area contributed by atoms with Gasteiger partial charge in [0.05, 0.1) is 22.8 Å². The number of carbonyl (C=O) groups is 1. The van der Waals surface area contributed by atoms with Crippen LogP contribution in [-0.4, -0.2) is 30.0 Å². The van der Waals surface area contributed by atoms with Crippen molar-refractivity contribution in [3.05, 3.63) is 89.9 Å². The Hall–Kier alpha value is -3.91. The minimum atomic E-state index is -0.257. The number of pyridine rings is 1. The van der Waals surface area contributed by atoms with Crippen LogP contribution in [-0.2, 0) is 13.0 Å². The van der Waals surface area contributed by atoms with Crippen molar-refractivity contribution in [2.45, 2.75) is 19.9 Å². The molecule has 7 nitrogen and oxygen atoms in total. The lowest BCUT2D eigenvalue weighted by Gasteiger charge is -2.08. The van der Waals surface area contributed by atoms with Gasteiger partial charge in [-0.2, -0.15) is 9.47 Å². The zero-order chi connectivity index (χ0) is 21.9. The van der Waals surface area contributed by atoms with Gasteiger partial charge in [-0.25, -0.2) is 14.6 Å². The Bertz CT molecular complexity index is 1380. The predicted molar refractivity (Wildman–Crippen MR) is 126 cm³/mol. The Morgan fingerprint density at radius 2 is 1.78 bits per heavy atom. The van der Waals surface area contributed by atoms with E-state index >= 15 is 0 Å². The van der Waals surface area contributed by atoms with E-state index in [1.807, 2.05) is 67.6 Å². The molecule has 0 aliphatic heterocycles. The molecule has 5 rings (SSSR count). The van der Waals surface area contributed by atoms with Crippen molar-refractivity contribution in [2.75, 3.05) is 5.32 Å². The minimum absolute atomic E-state index is 0.257. The highest BCUT2D eigenvalue weighted by atomic mass is 32.1. The van der Waals surface area contributed by atoms with Gasteiger partial charge in [0.2, 0.25) is 5.13 Å². The summed E-state index contributed by atoms with van der Waals surface area (Å²) in [7, 11) is 0. The molecular formula is C24H20N6OS. The third-order valence-corrected chi connectivity index (χ3v) is 5.78. The number of hydrogen-bond donors (Lipinski definition) is 1. The van der Waals surface area contributed by atoms with Gasteiger partial charge in [0, 0.05) is 30.1 Å². The van der Waals surface area contributed by atoms with Crippen LogP contribution in [0.15, 0.2) is 72.9 Å². The Morgan fingerprint density at radius 1 is 1.03 bits per heavy atom. The standard InChI is InChI=1S/C24H20N6OS/c1-2-30-22-19(15-25-30)18(14-20(26-22)17-11-7-4-8-12-17)23(31)28-24-27-21(29-32-24)13-16-9-5-3-6-10-16/h3-12,14-15H,2,13H2,1H3,(H,27,28,29,31). The van der Waals surface area contributed by atoms with Crippen molar-refractivity contribution in [3.8, 4) is 11.3 Å². The normalized spacial score (nSPS) is 11.0. The summed E-state index contributed by atoms with van der Waals surface area (Å²) in [6, 6.07) is 21.6. The molecule has 3 aromatic heterocycles. The first kappa shape index (κ1) is 20.0. The van der Waals surface area contributed by atoms with E-state index in [4.69, 9.17) is 4.98 Å². The highest BCUT2D eigenvalue weighted by Gasteiger charge is 2.18. The molecule has 32 heavy (non-hydrogen) atoms. The zero-order valence-electron chi connectivity index (χ0n) is 17.4. The highest BCUT2D eigenvalue weighted by molar-refractivity contribution is 7.09. The zero-order valence-corrected chi connectivity index (χ0v) is 18.2. The van der Waals surface area contributed by atoms with Crippen LogP contribution in [0, 0.1) is 0 Å². The van der Waals surface area contributed by atoms with Crippen molar-refractivity contribution in [1.82, 2.24) is 24.1 Å². The summed E-state index contributed by atoms with van der Waals surface area (Å²) in [5.74, 6) is 0.424. The second kappa shape index (κ2) is 8.68. The summed E-state index contributed by atoms with van der Waals surface area (Å²) in [4.78, 5) is 22.5. The van der Waals surface area contributed by atoms with Gasteiger partial charge in [0.15, 0.2) is 5.65 Å². The van der Waals surface area contributed by atoms with Crippen LogP contribution >= 0.6 is 11.5 Å². The van der Waals surface area contributed by atoms with E-state index in [0.717, 1.165) is 16.8 Å². The third kappa shape index (κ3) is 4.00. The Kier molecular flexibility index (Phi) is 5.43. The van der Waals surface area contributed by atoms with Crippen LogP contribution in [0.5, 0.6) is 0 Å². The summed E-state index contributed by atoms with van der Waals surface area (Å²) in [5.41, 5.74) is 3.97. The van der Waals surface area contributed by atoms with Crippen molar-refractivity contribution in [3.63, 3.8) is 0 Å². The topological polar surface area (TPSA) is 85.6 Å². The van der Waals surface area contributed by atoms with Crippen LogP contribution in [0.3, 0.4) is 0 Å². The summed E-state index contributed by atoms with van der Waals surface area (Å²) in [6.07, 6.45) is 2.31. The fraction of sp³-hybridized carbons (Fsp3) is 0.125. The smallest absolute Gasteiger partial charge is 0.258 e. The maximum atomic E-state index is 13.2. The summed E-state index contributed by atoms with van der Waals surface area (Å²) >= 11 is 1.18. The lowest BCUT2D eigenvalue weighted by Crippen LogP contribution is -2.13. The number of benzene rings is 2. The van der Waals surface area contributed by atoms with Gasteiger partial charge < -0.3 is 0 Å². The van der Waals surface area contributed by atoms with Crippen molar-refractivity contribution in [1.29, 1.82) is 0 Å². The third-order valence-electron chi connectivity index (χ3n) is 5.12. The predicted octanol–water partition coefficient (Wildman–Crippen LogP) is 4.81. The molecule has 0 radical (unpaired) electrons. The quantitative estimate of drug-likeness (QED) is 0.409. The van der Waals surface area contributed by atoms with Crippen molar-refractivity contribution < 1.29 is 4.79 Å². The maximum Gasteiger partial charge on any atom is 0.258 e. The summed E-state index contributed by atoms with van der Waals surface area (Å²) in [5, 5.41) is 8.48. The van der Waals surface area contributed by atoms with Gasteiger partial charge in [0.1, 0.15) is 5.82 Å². The number of carbonyl (C=O) groups excluding carboxylic acids is 1. The average Bonchev–Trinajstić information content (AvgIpc) is 3.46. The largest absolute Gasteiger partial charge is 0.297 e. The Morgan fingerprint density at radius 3 is 2.53 bits per heavy atom. The number of aromatic nitrogens is 5. The van der Waals surface area contributed by atoms with E-state index in [-0.39, 0.29) is 5.91 Å². The number of fused-ring (bicyclic) bond motifs is 1. The van der Waals surface area contributed by atoms with Gasteiger partial charge in [-0.05, 0) is 18.6 Å². The number of amides is 1. The van der Waals surface area contributed by atoms with Crippen LogP contribution in [0.4, 0.5) is 5.13 Å². The van der Waals surface area contributed by atoms with E-state index in [9.17, 15) is 4.79 Å². The fourth-order valence-electron chi connectivity index (χ4n) is 3.54. The van der Waals surface area contributed by atoms with Gasteiger partial charge in [-0.1, -0.05) is 60.7 Å². The van der Waals surface area contributed by atoms with Crippen LogP contribution in [0.2, 0.25) is 0 Å². The van der Waals surface area contributed by atoms with Gasteiger partial charge in [-0.15, -0.1) is 0 Å². The molecule has 0 atom stereocenters. The number of aryl methyl sites for hydroxylation is 1. The van der Waals surface area contributed by atoms with E-state index in [0.29, 0.717) is 40.5 Å². The fourth-order valence-corrected chi connectivity index (χ4v) is 4.12. The molecule has 0 bridgehead atoms. The van der Waals surface area contributed by atoms with Crippen LogP contribution in [0.25, 0.3) is 22.3 Å². The molecule has 0 saturated carbocycles. The first-order valence-electron chi connectivity index (χ1n) is 10.3. The molecule has 0 fully saturated rings. The Balaban J connectivity index is 1.46. The molecule has 0 aliphatic carbocycles. The number of nitrogens with one attached hydrogen (secondary N) is 1. The Labute approximate surface area is 189 Å². The number of hydrogen-bond acceptors (Lipinski definition) is 6. The van der Waals surface area contributed by atoms with E-state index in [2.05, 4.69) is 19.8 Å². The second-order valence-corrected chi connectivity index (χ2v) is 8.00. The number of anilines is 1. The molecular weight excluding hydrogens is 420 g/mol. The molecule has 0 unspecified atom stereocenters. The van der Waals surface area contributed by atoms with Crippen LogP contribution in [0.1, 0.15) is 28.7 Å². The lowest BCUT2D eigenvalue weighted by molar-refractivity contribution is 0.102. The van der Waals surface area contributed by atoms with Gasteiger partial charge >= 0.3 is 0 Å². The number of rotatable bonds is 6. The average molecular weight is 441 g/mol. The summed E-state index contributed by atoms with van der Waals surface area (Å²) in [6.45, 7) is 2.66. The van der Waals surface area contributed by atoms with E-state index < -0.39 is 0 Å². The second-order valence-electron chi connectivity index (χ2n) is 7.25. The van der Waals surface area contributed by atoms with Gasteiger partial charge in [-0.3, -0.25) is 10.1 Å². The first-order chi connectivity index (χ1) is 15.7. The first-order valence-corrected chi connectivity index (χ1v) is 11.1. The van der Waals surface area contributed by atoms with Crippen molar-refractivity contribution >= 4 is 33.6 Å². The lowest BCUT2D eigenvalue weighted by atomic mass is 10.1. The minimum Gasteiger partial charge on any atom is -0.297 e. The molecule has 5 aromatic rings. The molecule has 1 N–H and O–H groups in total. The molecule has 158 valence electrons. The monoisotopic (exact) mass is 440 g/mol. The molecule has 1 amide bonds. The van der Waals surface area contributed by atoms with E-state index in [1.165, 1.54) is 11.5 Å². The number of nitrogens with zero attached hydrogens (tertiary/aromatic N) is 5. The molecule has 0 saturated heterocycles. The van der Waals surface area contributed by atoms with Crippen LogP contribution < -0.4 is 5.32 Å². The highest BCUT2D eigenvalue weighted by Crippen LogP contribution is 2.26. The SMILES string of the molecule is CCn1ncc2c(C(=O)Nc3nc(Cc4ccccc4)ns3)cc(-c3ccccc3)nc21. The molecule has 0 spiro atoms. The van der Waals surface area contributed by atoms with E-state index in [1.54, 1.807) is 16.9 Å². The van der Waals surface area contributed by atoms with Crippen molar-refractivity contribution in [2.24, 2.45) is 0 Å². The maximum absolute atomic E-state index is 13.2. The van der Waals surface area contributed by atoms with Gasteiger partial charge in [0.25, 0.3) is 5.91 Å². The molecule has 3 heterocycles. The molecule has 2 aromatic carbocycles.